The van der Waals surface area contributed by atoms with Crippen molar-refractivity contribution in [3.8, 4) is 6.07 Å². The van der Waals surface area contributed by atoms with E-state index in [1.54, 1.807) is 13.2 Å². The minimum Gasteiger partial charge on any atom is -0.198 e. The van der Waals surface area contributed by atoms with Gasteiger partial charge < -0.3 is 0 Å². The van der Waals surface area contributed by atoms with Gasteiger partial charge in [0.15, 0.2) is 0 Å². The highest BCUT2D eigenvalue weighted by Crippen LogP contribution is 1.94. The Morgan fingerprint density at radius 3 is 3.10 bits per heavy atom. The smallest absolute Gasteiger partial charge is 0.0837 e. The molecule has 0 radical (unpaired) electrons. The van der Waals surface area contributed by atoms with E-state index in [1.807, 2.05) is 6.07 Å². The summed E-state index contributed by atoms with van der Waals surface area (Å²) in [5.74, 6) is 0. The highest BCUT2D eigenvalue weighted by molar-refractivity contribution is 4.93. The van der Waals surface area contributed by atoms with Crippen LogP contribution in [0.15, 0.2) is 6.20 Å². The van der Waals surface area contributed by atoms with Crippen LogP contribution in [0, 0.1) is 11.3 Å². The number of aryl methyl sites for hydroxylation is 2. The maximum absolute atomic E-state index is 8.23. The average molecular weight is 136 g/mol. The molecule has 0 bridgehead atoms. The van der Waals surface area contributed by atoms with Crippen LogP contribution in [0.3, 0.4) is 0 Å². The third-order valence-corrected chi connectivity index (χ3v) is 1.14. The van der Waals surface area contributed by atoms with Crippen LogP contribution in [0.2, 0.25) is 0 Å². The topological polar surface area (TPSA) is 54.5 Å². The Kier molecular flexibility index (Phi) is 2.00. The molecule has 1 aromatic rings. The molecular weight excluding hydrogens is 128 g/mol. The van der Waals surface area contributed by atoms with Crippen molar-refractivity contribution in [2.75, 3.05) is 0 Å². The summed E-state index contributed by atoms with van der Waals surface area (Å²) in [5.41, 5.74) is 0.879. The van der Waals surface area contributed by atoms with E-state index in [2.05, 4.69) is 10.2 Å². The lowest BCUT2D eigenvalue weighted by atomic mass is 10.3. The first kappa shape index (κ1) is 6.75. The first-order valence-electron chi connectivity index (χ1n) is 3.05. The lowest BCUT2D eigenvalue weighted by molar-refractivity contribution is 0.644. The van der Waals surface area contributed by atoms with Crippen LogP contribution in [0.25, 0.3) is 0 Å². The fourth-order valence-corrected chi connectivity index (χ4v) is 0.686. The van der Waals surface area contributed by atoms with Gasteiger partial charge in [-0.25, -0.2) is 0 Å². The number of hydrogen-bond donors (Lipinski definition) is 0. The predicted octanol–water partition coefficient (Wildman–Crippen LogP) is 0.271. The van der Waals surface area contributed by atoms with Gasteiger partial charge in [-0.2, -0.15) is 20.3 Å². The van der Waals surface area contributed by atoms with Gasteiger partial charge in [0, 0.05) is 19.9 Å². The zero-order chi connectivity index (χ0) is 7.40. The Hall–Kier alpha value is -1.37. The van der Waals surface area contributed by atoms with Gasteiger partial charge in [-0.1, -0.05) is 0 Å². The van der Waals surface area contributed by atoms with Gasteiger partial charge in [0.1, 0.15) is 0 Å². The predicted molar refractivity (Wildman–Crippen MR) is 34.9 cm³/mol. The van der Waals surface area contributed by atoms with E-state index in [1.165, 1.54) is 4.80 Å². The molecule has 10 heavy (non-hydrogen) atoms. The SMILES string of the molecule is Cn1ncc(CCC#N)n1. The summed E-state index contributed by atoms with van der Waals surface area (Å²) in [4.78, 5) is 1.49. The Morgan fingerprint density at radius 1 is 1.80 bits per heavy atom. The van der Waals surface area contributed by atoms with Gasteiger partial charge in [0.05, 0.1) is 18.0 Å². The van der Waals surface area contributed by atoms with Gasteiger partial charge in [0.25, 0.3) is 0 Å². The Bertz CT molecular complexity index is 244. The number of rotatable bonds is 2. The van der Waals surface area contributed by atoms with Crippen molar-refractivity contribution >= 4 is 0 Å². The summed E-state index contributed by atoms with van der Waals surface area (Å²) in [7, 11) is 1.76. The third-order valence-electron chi connectivity index (χ3n) is 1.14. The quantitative estimate of drug-likeness (QED) is 0.586. The van der Waals surface area contributed by atoms with Crippen LogP contribution in [-0.2, 0) is 13.5 Å². The first-order valence-corrected chi connectivity index (χ1v) is 3.05. The third kappa shape index (κ3) is 1.55. The minimum atomic E-state index is 0.513. The molecule has 0 amide bonds. The number of aromatic nitrogens is 3. The van der Waals surface area contributed by atoms with Crippen molar-refractivity contribution < 1.29 is 0 Å². The van der Waals surface area contributed by atoms with Gasteiger partial charge in [0.2, 0.25) is 0 Å². The molecule has 1 heterocycles. The highest BCUT2D eigenvalue weighted by atomic mass is 15.4. The lowest BCUT2D eigenvalue weighted by Gasteiger charge is -1.84. The molecule has 1 rings (SSSR count). The molecule has 0 saturated heterocycles. The largest absolute Gasteiger partial charge is 0.198 e. The summed E-state index contributed by atoms with van der Waals surface area (Å²) >= 11 is 0. The van der Waals surface area contributed by atoms with E-state index in [-0.39, 0.29) is 0 Å². The fraction of sp³-hybridized carbons (Fsp3) is 0.500. The summed E-state index contributed by atoms with van der Waals surface area (Å²) < 4.78 is 0. The Labute approximate surface area is 59.1 Å². The second kappa shape index (κ2) is 2.97. The fourth-order valence-electron chi connectivity index (χ4n) is 0.686. The second-order valence-electron chi connectivity index (χ2n) is 1.98. The molecule has 0 N–H and O–H groups in total. The van der Waals surface area contributed by atoms with Crippen molar-refractivity contribution in [2.45, 2.75) is 12.8 Å². The number of nitrogens with zero attached hydrogens (tertiary/aromatic N) is 4. The molecule has 4 nitrogen and oxygen atoms in total. The molecule has 0 saturated carbocycles. The van der Waals surface area contributed by atoms with E-state index in [4.69, 9.17) is 5.26 Å². The maximum Gasteiger partial charge on any atom is 0.0837 e. The van der Waals surface area contributed by atoms with Crippen LogP contribution in [0.1, 0.15) is 12.1 Å². The van der Waals surface area contributed by atoms with Gasteiger partial charge in [-0.15, -0.1) is 0 Å². The molecule has 0 aliphatic heterocycles. The average Bonchev–Trinajstić information content (AvgIpc) is 2.31. The van der Waals surface area contributed by atoms with Crippen LogP contribution in [-0.4, -0.2) is 15.0 Å². The Morgan fingerprint density at radius 2 is 2.60 bits per heavy atom. The van der Waals surface area contributed by atoms with E-state index < -0.39 is 0 Å². The van der Waals surface area contributed by atoms with Crippen LogP contribution in [0.5, 0.6) is 0 Å². The minimum absolute atomic E-state index is 0.513. The maximum atomic E-state index is 8.23. The molecule has 0 aromatic carbocycles. The molecule has 52 valence electrons. The molecule has 1 aromatic heterocycles. The monoisotopic (exact) mass is 136 g/mol. The van der Waals surface area contributed by atoms with Crippen molar-refractivity contribution in [3.05, 3.63) is 11.9 Å². The zero-order valence-corrected chi connectivity index (χ0v) is 5.78. The van der Waals surface area contributed by atoms with E-state index in [0.29, 0.717) is 12.8 Å². The van der Waals surface area contributed by atoms with Crippen LogP contribution in [0.4, 0.5) is 0 Å². The van der Waals surface area contributed by atoms with E-state index in [0.717, 1.165) is 5.69 Å². The second-order valence-corrected chi connectivity index (χ2v) is 1.98. The van der Waals surface area contributed by atoms with Gasteiger partial charge in [-0.3, -0.25) is 0 Å². The highest BCUT2D eigenvalue weighted by Gasteiger charge is 1.95. The summed E-state index contributed by atoms with van der Waals surface area (Å²) in [6.07, 6.45) is 2.89. The molecule has 0 fully saturated rings. The zero-order valence-electron chi connectivity index (χ0n) is 5.78. The molecule has 0 spiro atoms. The molecule has 0 aliphatic rings. The summed E-state index contributed by atoms with van der Waals surface area (Å²) in [6, 6.07) is 2.05. The molecule has 0 atom stereocenters. The molecule has 0 aliphatic carbocycles. The van der Waals surface area contributed by atoms with Crippen LogP contribution >= 0.6 is 0 Å². The van der Waals surface area contributed by atoms with Crippen molar-refractivity contribution in [2.24, 2.45) is 7.05 Å². The number of nitriles is 1. The molecule has 4 heteroatoms. The first-order chi connectivity index (χ1) is 4.83. The summed E-state index contributed by atoms with van der Waals surface area (Å²) in [5, 5.41) is 16.1. The van der Waals surface area contributed by atoms with Gasteiger partial charge >= 0.3 is 0 Å². The standard InChI is InChI=1S/C6H8N4/c1-10-8-5-6(9-10)3-2-4-7/h5H,2-3H2,1H3. The normalized spacial score (nSPS) is 9.20. The van der Waals surface area contributed by atoms with Crippen molar-refractivity contribution in [1.82, 2.24) is 15.0 Å². The Balaban J connectivity index is 2.52. The van der Waals surface area contributed by atoms with E-state index in [9.17, 15) is 0 Å². The van der Waals surface area contributed by atoms with Gasteiger partial charge in [-0.05, 0) is 0 Å². The number of hydrogen-bond acceptors (Lipinski definition) is 3. The molecular formula is C6H8N4. The van der Waals surface area contributed by atoms with Crippen LogP contribution < -0.4 is 0 Å². The van der Waals surface area contributed by atoms with E-state index >= 15 is 0 Å². The summed E-state index contributed by atoms with van der Waals surface area (Å²) in [6.45, 7) is 0. The molecule has 0 unspecified atom stereocenters. The van der Waals surface area contributed by atoms with Crippen molar-refractivity contribution in [1.29, 1.82) is 5.26 Å². The lowest BCUT2D eigenvalue weighted by Crippen LogP contribution is -1.93. The van der Waals surface area contributed by atoms with Crippen molar-refractivity contribution in [3.63, 3.8) is 0 Å².